The van der Waals surface area contributed by atoms with E-state index in [2.05, 4.69) is 4.57 Å². The summed E-state index contributed by atoms with van der Waals surface area (Å²) in [5.74, 6) is -0.409. The number of fused-ring (bicyclic) bond motifs is 1. The number of aromatic nitrogens is 2. The van der Waals surface area contributed by atoms with Crippen molar-refractivity contribution in [2.45, 2.75) is 32.5 Å². The van der Waals surface area contributed by atoms with Crippen LogP contribution in [-0.2, 0) is 17.5 Å². The highest BCUT2D eigenvalue weighted by Gasteiger charge is 2.30. The molecule has 0 unspecified atom stereocenters. The number of thiazole rings is 1. The van der Waals surface area contributed by atoms with E-state index in [4.69, 9.17) is 14.8 Å². The van der Waals surface area contributed by atoms with Gasteiger partial charge in [0.1, 0.15) is 10.8 Å². The molecule has 0 bridgehead atoms. The van der Waals surface area contributed by atoms with Gasteiger partial charge in [0, 0.05) is 27.5 Å². The molecular weight excluding hydrogens is 453 g/mol. The Balaban J connectivity index is 1.62. The molecule has 2 aromatic carbocycles. The maximum Gasteiger partial charge on any atom is 0.416 e. The number of benzene rings is 2. The van der Waals surface area contributed by atoms with Crippen LogP contribution >= 0.6 is 11.3 Å². The first kappa shape index (κ1) is 22.8. The van der Waals surface area contributed by atoms with Gasteiger partial charge < -0.3 is 14.4 Å². The molecule has 9 heteroatoms. The highest BCUT2D eigenvalue weighted by molar-refractivity contribution is 7.15. The highest BCUT2D eigenvalue weighted by atomic mass is 32.1. The van der Waals surface area contributed by atoms with Gasteiger partial charge in [0.2, 0.25) is 0 Å². The van der Waals surface area contributed by atoms with Gasteiger partial charge in [-0.25, -0.2) is 9.78 Å². The van der Waals surface area contributed by atoms with Crippen molar-refractivity contribution in [3.63, 3.8) is 0 Å². The Morgan fingerprint density at radius 3 is 2.52 bits per heavy atom. The van der Waals surface area contributed by atoms with E-state index in [1.165, 1.54) is 23.5 Å². The molecule has 172 valence electrons. The van der Waals surface area contributed by atoms with E-state index in [0.29, 0.717) is 22.9 Å². The first-order valence-electron chi connectivity index (χ1n) is 10.2. The lowest BCUT2D eigenvalue weighted by Gasteiger charge is -2.08. The summed E-state index contributed by atoms with van der Waals surface area (Å²) in [5.41, 5.74) is 1.84. The Morgan fingerprint density at radius 2 is 1.88 bits per heavy atom. The van der Waals surface area contributed by atoms with Crippen molar-refractivity contribution in [1.29, 1.82) is 0 Å². The minimum Gasteiger partial charge on any atom is -0.482 e. The van der Waals surface area contributed by atoms with E-state index in [1.807, 2.05) is 32.2 Å². The summed E-state index contributed by atoms with van der Waals surface area (Å²) in [4.78, 5) is 16.5. The molecule has 0 aliphatic carbocycles. The lowest BCUT2D eigenvalue weighted by atomic mass is 10.1. The molecule has 4 aromatic rings. The number of rotatable bonds is 7. The van der Waals surface area contributed by atoms with Gasteiger partial charge in [0.05, 0.1) is 17.8 Å². The lowest BCUT2D eigenvalue weighted by molar-refractivity contribution is -0.139. The van der Waals surface area contributed by atoms with Crippen LogP contribution in [0.25, 0.3) is 21.5 Å². The first-order valence-corrected chi connectivity index (χ1v) is 11.0. The number of aliphatic carboxylic acids is 1. The minimum atomic E-state index is -4.37. The first-order chi connectivity index (χ1) is 15.6. The second-order valence-electron chi connectivity index (χ2n) is 7.90. The molecular formula is C24H21F3N2O3S. The average Bonchev–Trinajstić information content (AvgIpc) is 3.36. The van der Waals surface area contributed by atoms with E-state index in [-0.39, 0.29) is 5.92 Å². The number of alkyl halides is 3. The van der Waals surface area contributed by atoms with Crippen LogP contribution in [0.1, 0.15) is 35.9 Å². The molecule has 0 radical (unpaired) electrons. The van der Waals surface area contributed by atoms with E-state index in [1.54, 1.807) is 12.1 Å². The highest BCUT2D eigenvalue weighted by Crippen LogP contribution is 2.35. The Morgan fingerprint density at radius 1 is 1.15 bits per heavy atom. The average molecular weight is 475 g/mol. The maximum atomic E-state index is 12.9. The quantitative estimate of drug-likeness (QED) is 0.336. The van der Waals surface area contributed by atoms with Gasteiger partial charge in [0.15, 0.2) is 6.61 Å². The molecule has 2 aromatic heterocycles. The zero-order valence-electron chi connectivity index (χ0n) is 17.9. The topological polar surface area (TPSA) is 64.4 Å². The molecule has 0 spiro atoms. The van der Waals surface area contributed by atoms with Crippen LogP contribution in [0.3, 0.4) is 0 Å². The predicted molar refractivity (Wildman–Crippen MR) is 121 cm³/mol. The second-order valence-corrected chi connectivity index (χ2v) is 8.99. The summed E-state index contributed by atoms with van der Waals surface area (Å²) >= 11 is 1.47. The number of carboxylic acid groups (broad SMARTS) is 1. The van der Waals surface area contributed by atoms with Crippen LogP contribution in [0.15, 0.2) is 54.7 Å². The molecule has 0 saturated carbocycles. The Kier molecular flexibility index (Phi) is 6.16. The van der Waals surface area contributed by atoms with Crippen molar-refractivity contribution >= 4 is 28.2 Å². The number of carbonyl (C=O) groups is 1. The zero-order valence-corrected chi connectivity index (χ0v) is 18.7. The fourth-order valence-corrected chi connectivity index (χ4v) is 4.78. The normalized spacial score (nSPS) is 11.9. The third-order valence-corrected chi connectivity index (χ3v) is 6.26. The smallest absolute Gasteiger partial charge is 0.416 e. The largest absolute Gasteiger partial charge is 0.482 e. The third kappa shape index (κ3) is 5.03. The van der Waals surface area contributed by atoms with Crippen LogP contribution in [0.5, 0.6) is 5.75 Å². The molecule has 5 nitrogen and oxygen atoms in total. The van der Waals surface area contributed by atoms with E-state index >= 15 is 0 Å². The van der Waals surface area contributed by atoms with Gasteiger partial charge in [-0.1, -0.05) is 26.0 Å². The molecule has 2 heterocycles. The molecule has 1 N–H and O–H groups in total. The van der Waals surface area contributed by atoms with Crippen molar-refractivity contribution in [2.24, 2.45) is 0 Å². The van der Waals surface area contributed by atoms with Crippen LogP contribution in [-0.4, -0.2) is 27.2 Å². The van der Waals surface area contributed by atoms with Gasteiger partial charge in [-0.15, -0.1) is 11.3 Å². The summed E-state index contributed by atoms with van der Waals surface area (Å²) in [6, 6.07) is 12.4. The number of nitrogens with zero attached hydrogens (tertiary/aromatic N) is 2. The number of carboxylic acids is 1. The summed E-state index contributed by atoms with van der Waals surface area (Å²) in [5, 5.41) is 10.4. The summed E-state index contributed by atoms with van der Waals surface area (Å²) in [6.45, 7) is 4.23. The van der Waals surface area contributed by atoms with Crippen molar-refractivity contribution in [3.8, 4) is 16.3 Å². The monoisotopic (exact) mass is 474 g/mol. The van der Waals surface area contributed by atoms with Gasteiger partial charge >= 0.3 is 12.1 Å². The van der Waals surface area contributed by atoms with Crippen LogP contribution < -0.4 is 4.74 Å². The van der Waals surface area contributed by atoms with Gasteiger partial charge in [0.25, 0.3) is 0 Å². The predicted octanol–water partition coefficient (Wildman–Crippen LogP) is 6.42. The summed E-state index contributed by atoms with van der Waals surface area (Å²) in [6.07, 6.45) is -2.43. The standard InChI is InChI=1S/C24H21F3N2O3S/c1-14(2)22-20(33-23(28-22)15-3-5-17(6-4-15)24(25,26)27)12-29-10-9-16-11-18(7-8-19(16)29)32-13-21(30)31/h3-11,14H,12-13H2,1-2H3,(H,30,31). The van der Waals surface area contributed by atoms with Gasteiger partial charge in [-0.3, -0.25) is 0 Å². The number of hydrogen-bond donors (Lipinski definition) is 1. The molecule has 4 rings (SSSR count). The Hall–Kier alpha value is -3.33. The molecule has 0 atom stereocenters. The van der Waals surface area contributed by atoms with Gasteiger partial charge in [-0.2, -0.15) is 13.2 Å². The fraction of sp³-hybridized carbons (Fsp3) is 0.250. The van der Waals surface area contributed by atoms with Gasteiger partial charge in [-0.05, 0) is 42.3 Å². The van der Waals surface area contributed by atoms with Crippen LogP contribution in [0.2, 0.25) is 0 Å². The van der Waals surface area contributed by atoms with Crippen molar-refractivity contribution in [2.75, 3.05) is 6.61 Å². The van der Waals surface area contributed by atoms with Crippen LogP contribution in [0, 0.1) is 0 Å². The maximum absolute atomic E-state index is 12.9. The molecule has 0 amide bonds. The fourth-order valence-electron chi connectivity index (χ4n) is 3.56. The van der Waals surface area contributed by atoms with E-state index in [9.17, 15) is 18.0 Å². The molecule has 0 aliphatic rings. The summed E-state index contributed by atoms with van der Waals surface area (Å²) in [7, 11) is 0. The second kappa shape index (κ2) is 8.90. The van der Waals surface area contributed by atoms with E-state index < -0.39 is 24.3 Å². The molecule has 0 aliphatic heterocycles. The number of hydrogen-bond acceptors (Lipinski definition) is 4. The van der Waals surface area contributed by atoms with Crippen molar-refractivity contribution in [1.82, 2.24) is 9.55 Å². The minimum absolute atomic E-state index is 0.150. The lowest BCUT2D eigenvalue weighted by Crippen LogP contribution is -2.09. The number of ether oxygens (including phenoxy) is 1. The van der Waals surface area contributed by atoms with E-state index in [0.717, 1.165) is 33.6 Å². The SMILES string of the molecule is CC(C)c1nc(-c2ccc(C(F)(F)F)cc2)sc1Cn1ccc2cc(OCC(=O)O)ccc21. The molecule has 0 saturated heterocycles. The van der Waals surface area contributed by atoms with Crippen molar-refractivity contribution in [3.05, 3.63) is 70.9 Å². The van der Waals surface area contributed by atoms with Crippen molar-refractivity contribution < 1.29 is 27.8 Å². The van der Waals surface area contributed by atoms with Crippen LogP contribution in [0.4, 0.5) is 13.2 Å². The third-order valence-electron chi connectivity index (χ3n) is 5.15. The zero-order chi connectivity index (χ0) is 23.8. The Bertz CT molecular complexity index is 1290. The summed E-state index contributed by atoms with van der Waals surface area (Å²) < 4.78 is 46.0. The molecule has 0 fully saturated rings. The Labute approximate surface area is 192 Å². The number of halogens is 3. The molecule has 33 heavy (non-hydrogen) atoms.